The van der Waals surface area contributed by atoms with Crippen molar-refractivity contribution in [2.45, 2.75) is 4.90 Å². The van der Waals surface area contributed by atoms with Crippen LogP contribution in [0.2, 0.25) is 0 Å². The van der Waals surface area contributed by atoms with Gasteiger partial charge in [0.05, 0.1) is 23.0 Å². The summed E-state index contributed by atoms with van der Waals surface area (Å²) in [5.41, 5.74) is 11.9. The fraction of sp³-hybridized carbons (Fsp3) is 0. The van der Waals surface area contributed by atoms with Gasteiger partial charge in [-0.05, 0) is 30.3 Å². The van der Waals surface area contributed by atoms with Gasteiger partial charge in [-0.1, -0.05) is 6.07 Å². The van der Waals surface area contributed by atoms with Crippen molar-refractivity contribution in [2.24, 2.45) is 0 Å². The Kier molecular flexibility index (Phi) is 3.50. The van der Waals surface area contributed by atoms with Crippen molar-refractivity contribution in [2.75, 3.05) is 11.5 Å². The van der Waals surface area contributed by atoms with E-state index < -0.39 is 10.1 Å². The molecule has 0 unspecified atom stereocenters. The molecule has 7 heteroatoms. The summed E-state index contributed by atoms with van der Waals surface area (Å²) in [6, 6.07) is 11.6. The third-order valence-electron chi connectivity index (χ3n) is 2.52. The summed E-state index contributed by atoms with van der Waals surface area (Å²) in [6.45, 7) is 0. The summed E-state index contributed by atoms with van der Waals surface area (Å²) in [5.74, 6) is 0.0547. The van der Waals surface area contributed by atoms with Crippen molar-refractivity contribution in [3.05, 3.63) is 48.0 Å². The molecule has 0 aromatic heterocycles. The van der Waals surface area contributed by atoms with Gasteiger partial charge in [0, 0.05) is 6.07 Å². The number of benzene rings is 2. The van der Waals surface area contributed by atoms with E-state index in [0.717, 1.165) is 0 Å². The lowest BCUT2D eigenvalue weighted by Gasteiger charge is -2.08. The van der Waals surface area contributed by atoms with Crippen LogP contribution in [0.5, 0.6) is 5.75 Å². The Morgan fingerprint density at radius 1 is 1.05 bits per heavy atom. The highest BCUT2D eigenvalue weighted by Crippen LogP contribution is 2.24. The van der Waals surface area contributed by atoms with Crippen molar-refractivity contribution < 1.29 is 12.6 Å². The van der Waals surface area contributed by atoms with Crippen LogP contribution in [-0.4, -0.2) is 8.42 Å². The monoisotopic (exact) mass is 289 g/mol. The highest BCUT2D eigenvalue weighted by Gasteiger charge is 2.17. The van der Waals surface area contributed by atoms with Crippen molar-refractivity contribution in [1.29, 1.82) is 5.26 Å². The Labute approximate surface area is 116 Å². The number of anilines is 2. The van der Waals surface area contributed by atoms with Crippen LogP contribution in [-0.2, 0) is 10.1 Å². The van der Waals surface area contributed by atoms with Crippen LogP contribution in [0.3, 0.4) is 0 Å². The van der Waals surface area contributed by atoms with Gasteiger partial charge < -0.3 is 15.7 Å². The number of hydrogen-bond donors (Lipinski definition) is 2. The zero-order valence-electron chi connectivity index (χ0n) is 10.3. The standard InChI is InChI=1S/C13H11N3O3S/c14-8-9-2-1-3-11(6-9)20(17,18)19-10-4-5-12(15)13(16)7-10/h1-7H,15-16H2. The molecule has 102 valence electrons. The number of nitrogen functional groups attached to an aromatic ring is 2. The first-order chi connectivity index (χ1) is 9.42. The van der Waals surface area contributed by atoms with Crippen molar-refractivity contribution in [1.82, 2.24) is 0 Å². The highest BCUT2D eigenvalue weighted by atomic mass is 32.2. The first-order valence-electron chi connectivity index (χ1n) is 5.52. The topological polar surface area (TPSA) is 119 Å². The van der Waals surface area contributed by atoms with Crippen LogP contribution in [0.4, 0.5) is 11.4 Å². The number of rotatable bonds is 3. The summed E-state index contributed by atoms with van der Waals surface area (Å²) < 4.78 is 29.1. The molecule has 0 heterocycles. The fourth-order valence-electron chi connectivity index (χ4n) is 1.50. The molecular weight excluding hydrogens is 278 g/mol. The van der Waals surface area contributed by atoms with E-state index in [2.05, 4.69) is 0 Å². The quantitative estimate of drug-likeness (QED) is 0.652. The third kappa shape index (κ3) is 2.81. The second-order valence-corrected chi connectivity index (χ2v) is 5.51. The molecule has 0 bridgehead atoms. The summed E-state index contributed by atoms with van der Waals surface area (Å²) in [6.07, 6.45) is 0. The molecule has 0 saturated carbocycles. The summed E-state index contributed by atoms with van der Waals surface area (Å²) in [4.78, 5) is -0.105. The molecule has 2 aromatic rings. The minimum atomic E-state index is -4.02. The molecule has 2 aromatic carbocycles. The minimum Gasteiger partial charge on any atom is -0.397 e. The average molecular weight is 289 g/mol. The van der Waals surface area contributed by atoms with Crippen LogP contribution in [0.25, 0.3) is 0 Å². The molecule has 0 amide bonds. The highest BCUT2D eigenvalue weighted by molar-refractivity contribution is 7.87. The molecule has 6 nitrogen and oxygen atoms in total. The molecular formula is C13H11N3O3S. The maximum absolute atomic E-state index is 12.1. The SMILES string of the molecule is N#Cc1cccc(S(=O)(=O)Oc2ccc(N)c(N)c2)c1. The van der Waals surface area contributed by atoms with E-state index >= 15 is 0 Å². The van der Waals surface area contributed by atoms with Gasteiger partial charge in [0.2, 0.25) is 0 Å². The molecule has 0 spiro atoms. The fourth-order valence-corrected chi connectivity index (χ4v) is 2.47. The van der Waals surface area contributed by atoms with E-state index in [1.165, 1.54) is 42.5 Å². The summed E-state index contributed by atoms with van der Waals surface area (Å²) >= 11 is 0. The van der Waals surface area contributed by atoms with E-state index in [4.69, 9.17) is 20.9 Å². The minimum absolute atomic E-state index is 0.0547. The van der Waals surface area contributed by atoms with Crippen LogP contribution in [0.1, 0.15) is 5.56 Å². The Morgan fingerprint density at radius 3 is 2.45 bits per heavy atom. The molecule has 0 aliphatic rings. The first-order valence-corrected chi connectivity index (χ1v) is 6.93. The molecule has 0 atom stereocenters. The lowest BCUT2D eigenvalue weighted by atomic mass is 10.2. The summed E-state index contributed by atoms with van der Waals surface area (Å²) in [5, 5.41) is 8.77. The lowest BCUT2D eigenvalue weighted by Crippen LogP contribution is -2.10. The zero-order valence-corrected chi connectivity index (χ0v) is 11.1. The Balaban J connectivity index is 2.35. The number of nitrogens with two attached hydrogens (primary N) is 2. The molecule has 0 aliphatic carbocycles. The normalized spacial score (nSPS) is 10.8. The van der Waals surface area contributed by atoms with E-state index in [1.807, 2.05) is 6.07 Å². The van der Waals surface area contributed by atoms with E-state index in [-0.39, 0.29) is 21.9 Å². The molecule has 0 fully saturated rings. The van der Waals surface area contributed by atoms with E-state index in [1.54, 1.807) is 0 Å². The number of nitrogens with zero attached hydrogens (tertiary/aromatic N) is 1. The van der Waals surface area contributed by atoms with E-state index in [9.17, 15) is 8.42 Å². The van der Waals surface area contributed by atoms with Gasteiger partial charge in [0.1, 0.15) is 10.6 Å². The largest absolute Gasteiger partial charge is 0.397 e. The van der Waals surface area contributed by atoms with Gasteiger partial charge in [0.25, 0.3) is 0 Å². The second-order valence-electron chi connectivity index (χ2n) is 3.97. The van der Waals surface area contributed by atoms with Crippen LogP contribution < -0.4 is 15.7 Å². The maximum Gasteiger partial charge on any atom is 0.339 e. The maximum atomic E-state index is 12.1. The van der Waals surface area contributed by atoms with Gasteiger partial charge in [-0.2, -0.15) is 13.7 Å². The predicted molar refractivity (Wildman–Crippen MR) is 74.2 cm³/mol. The number of hydrogen-bond acceptors (Lipinski definition) is 6. The zero-order chi connectivity index (χ0) is 14.8. The number of nitriles is 1. The van der Waals surface area contributed by atoms with Gasteiger partial charge in [-0.15, -0.1) is 0 Å². The molecule has 4 N–H and O–H groups in total. The van der Waals surface area contributed by atoms with Gasteiger partial charge in [0.15, 0.2) is 0 Å². The summed E-state index contributed by atoms with van der Waals surface area (Å²) in [7, 11) is -4.02. The van der Waals surface area contributed by atoms with Gasteiger partial charge in [-0.25, -0.2) is 0 Å². The van der Waals surface area contributed by atoms with Gasteiger partial charge >= 0.3 is 10.1 Å². The first kappa shape index (κ1) is 13.7. The van der Waals surface area contributed by atoms with E-state index in [0.29, 0.717) is 5.69 Å². The van der Waals surface area contributed by atoms with Crippen LogP contribution in [0, 0.1) is 11.3 Å². The predicted octanol–water partition coefficient (Wildman–Crippen LogP) is 1.49. The van der Waals surface area contributed by atoms with Crippen molar-refractivity contribution >= 4 is 21.5 Å². The Morgan fingerprint density at radius 2 is 1.80 bits per heavy atom. The second kappa shape index (κ2) is 5.11. The molecule has 0 aliphatic heterocycles. The smallest absolute Gasteiger partial charge is 0.339 e. The Bertz CT molecular complexity index is 795. The molecule has 0 saturated heterocycles. The molecule has 0 radical (unpaired) electrons. The Hall–Kier alpha value is -2.72. The van der Waals surface area contributed by atoms with Crippen molar-refractivity contribution in [3.8, 4) is 11.8 Å². The molecule has 2 rings (SSSR count). The average Bonchev–Trinajstić information content (AvgIpc) is 2.43. The van der Waals surface area contributed by atoms with Crippen LogP contribution in [0.15, 0.2) is 47.4 Å². The third-order valence-corrected chi connectivity index (χ3v) is 3.76. The van der Waals surface area contributed by atoms with Gasteiger partial charge in [-0.3, -0.25) is 0 Å². The van der Waals surface area contributed by atoms with Crippen molar-refractivity contribution in [3.63, 3.8) is 0 Å². The van der Waals surface area contributed by atoms with Crippen LogP contribution >= 0.6 is 0 Å². The lowest BCUT2D eigenvalue weighted by molar-refractivity contribution is 0.486. The molecule has 20 heavy (non-hydrogen) atoms.